The maximum atomic E-state index is 11.2. The van der Waals surface area contributed by atoms with Crippen LogP contribution < -0.4 is 5.32 Å². The van der Waals surface area contributed by atoms with E-state index in [0.29, 0.717) is 13.0 Å². The fraction of sp³-hybridized carbons (Fsp3) is 0.923. The van der Waals surface area contributed by atoms with Crippen LogP contribution in [0.3, 0.4) is 0 Å². The second-order valence-electron chi connectivity index (χ2n) is 4.30. The highest BCUT2D eigenvalue weighted by molar-refractivity contribution is 5.69. The van der Waals surface area contributed by atoms with E-state index in [-0.39, 0.29) is 12.0 Å². The lowest BCUT2D eigenvalue weighted by Gasteiger charge is -2.21. The molecule has 4 heteroatoms. The predicted molar refractivity (Wildman–Crippen MR) is 71.1 cm³/mol. The van der Waals surface area contributed by atoms with Gasteiger partial charge < -0.3 is 15.0 Å². The average Bonchev–Trinajstić information content (AvgIpc) is 2.28. The topological polar surface area (TPSA) is 41.6 Å². The van der Waals surface area contributed by atoms with Crippen LogP contribution in [0.15, 0.2) is 0 Å². The van der Waals surface area contributed by atoms with Gasteiger partial charge >= 0.3 is 5.97 Å². The minimum atomic E-state index is -0.117. The molecule has 102 valence electrons. The largest absolute Gasteiger partial charge is 0.466 e. The molecule has 0 saturated heterocycles. The second kappa shape index (κ2) is 10.5. The molecule has 0 aromatic heterocycles. The molecule has 0 aromatic carbocycles. The molecule has 0 spiro atoms. The van der Waals surface area contributed by atoms with Gasteiger partial charge in [-0.3, -0.25) is 4.79 Å². The predicted octanol–water partition coefficient (Wildman–Crippen LogP) is 1.65. The fourth-order valence-corrected chi connectivity index (χ4v) is 1.76. The van der Waals surface area contributed by atoms with Gasteiger partial charge in [0.1, 0.15) is 0 Å². The van der Waals surface area contributed by atoms with Crippen LogP contribution in [-0.4, -0.2) is 49.7 Å². The van der Waals surface area contributed by atoms with Gasteiger partial charge in [-0.1, -0.05) is 13.8 Å². The third-order valence-corrected chi connectivity index (χ3v) is 2.69. The Hall–Kier alpha value is -0.610. The first-order valence-electron chi connectivity index (χ1n) is 6.75. The summed E-state index contributed by atoms with van der Waals surface area (Å²) in [4.78, 5) is 13.6. The van der Waals surface area contributed by atoms with Gasteiger partial charge in [-0.15, -0.1) is 0 Å². The van der Waals surface area contributed by atoms with Crippen molar-refractivity contribution in [3.8, 4) is 0 Å². The lowest BCUT2D eigenvalue weighted by molar-refractivity contribution is -0.143. The molecule has 1 atom stereocenters. The third-order valence-electron chi connectivity index (χ3n) is 2.69. The lowest BCUT2D eigenvalue weighted by Crippen LogP contribution is -2.37. The van der Waals surface area contributed by atoms with Crippen LogP contribution in [0.5, 0.6) is 0 Å². The summed E-state index contributed by atoms with van der Waals surface area (Å²) < 4.78 is 4.91. The van der Waals surface area contributed by atoms with Gasteiger partial charge in [0.15, 0.2) is 0 Å². The van der Waals surface area contributed by atoms with Crippen molar-refractivity contribution in [3.05, 3.63) is 0 Å². The maximum absolute atomic E-state index is 11.2. The second-order valence-corrected chi connectivity index (χ2v) is 4.30. The molecule has 0 aromatic rings. The molecule has 1 unspecified atom stereocenters. The van der Waals surface area contributed by atoms with Gasteiger partial charge in [-0.05, 0) is 33.4 Å². The maximum Gasteiger partial charge on any atom is 0.307 e. The summed E-state index contributed by atoms with van der Waals surface area (Å²) in [5.74, 6) is -0.117. The molecule has 17 heavy (non-hydrogen) atoms. The first-order chi connectivity index (χ1) is 8.13. The van der Waals surface area contributed by atoms with Crippen LogP contribution in [0.2, 0.25) is 0 Å². The number of likely N-dealkylation sites (N-methyl/N-ethyl adjacent to an activating group) is 1. The Kier molecular flexibility index (Phi) is 10.2. The number of nitrogens with one attached hydrogen (secondary N) is 1. The molecule has 0 heterocycles. The highest BCUT2D eigenvalue weighted by Gasteiger charge is 2.09. The molecule has 0 rings (SSSR count). The van der Waals surface area contributed by atoms with E-state index >= 15 is 0 Å². The minimum Gasteiger partial charge on any atom is -0.466 e. The normalized spacial score (nSPS) is 12.8. The van der Waals surface area contributed by atoms with Crippen molar-refractivity contribution in [2.75, 3.05) is 32.8 Å². The number of nitrogens with zero attached hydrogens (tertiary/aromatic N) is 1. The van der Waals surface area contributed by atoms with E-state index in [1.165, 1.54) is 6.42 Å². The van der Waals surface area contributed by atoms with Gasteiger partial charge in [0, 0.05) is 19.1 Å². The van der Waals surface area contributed by atoms with E-state index in [2.05, 4.69) is 24.1 Å². The van der Waals surface area contributed by atoms with Gasteiger partial charge in [-0.2, -0.15) is 0 Å². The Bertz CT molecular complexity index is 198. The SMILES string of the molecule is CCCN(CC)CCNC(C)CC(=O)OCC. The van der Waals surface area contributed by atoms with Gasteiger partial charge in [0.05, 0.1) is 13.0 Å². The summed E-state index contributed by atoms with van der Waals surface area (Å²) in [6.45, 7) is 12.9. The van der Waals surface area contributed by atoms with E-state index in [0.717, 1.165) is 26.2 Å². The van der Waals surface area contributed by atoms with Crippen molar-refractivity contribution in [1.29, 1.82) is 0 Å². The Balaban J connectivity index is 3.61. The quantitative estimate of drug-likeness (QED) is 0.593. The number of carbonyl (C=O) groups is 1. The molecule has 0 saturated carbocycles. The molecule has 0 radical (unpaired) electrons. The van der Waals surface area contributed by atoms with Crippen LogP contribution in [0, 0.1) is 0 Å². The monoisotopic (exact) mass is 244 g/mol. The molecule has 0 bridgehead atoms. The summed E-state index contributed by atoms with van der Waals surface area (Å²) >= 11 is 0. The molecule has 4 nitrogen and oxygen atoms in total. The molecule has 0 amide bonds. The Morgan fingerprint density at radius 1 is 1.29 bits per heavy atom. The molecule has 0 fully saturated rings. The summed E-state index contributed by atoms with van der Waals surface area (Å²) in [6.07, 6.45) is 1.64. The van der Waals surface area contributed by atoms with Crippen molar-refractivity contribution in [1.82, 2.24) is 10.2 Å². The van der Waals surface area contributed by atoms with Crippen molar-refractivity contribution in [3.63, 3.8) is 0 Å². The molecule has 0 aliphatic rings. The molecule has 0 aliphatic heterocycles. The molecular formula is C13H28N2O2. The highest BCUT2D eigenvalue weighted by Crippen LogP contribution is 1.95. The lowest BCUT2D eigenvalue weighted by atomic mass is 10.2. The van der Waals surface area contributed by atoms with E-state index in [1.807, 2.05) is 13.8 Å². The van der Waals surface area contributed by atoms with Gasteiger partial charge in [-0.25, -0.2) is 0 Å². The summed E-state index contributed by atoms with van der Waals surface area (Å²) in [5.41, 5.74) is 0. The van der Waals surface area contributed by atoms with Crippen LogP contribution in [-0.2, 0) is 9.53 Å². The van der Waals surface area contributed by atoms with Crippen molar-refractivity contribution < 1.29 is 9.53 Å². The van der Waals surface area contributed by atoms with Gasteiger partial charge in [0.2, 0.25) is 0 Å². The first kappa shape index (κ1) is 16.4. The van der Waals surface area contributed by atoms with Crippen molar-refractivity contribution in [2.24, 2.45) is 0 Å². The minimum absolute atomic E-state index is 0.117. The van der Waals surface area contributed by atoms with Crippen molar-refractivity contribution >= 4 is 5.97 Å². The zero-order chi connectivity index (χ0) is 13.1. The number of hydrogen-bond acceptors (Lipinski definition) is 4. The van der Waals surface area contributed by atoms with E-state index < -0.39 is 0 Å². The summed E-state index contributed by atoms with van der Waals surface area (Å²) in [7, 11) is 0. The third kappa shape index (κ3) is 9.12. The smallest absolute Gasteiger partial charge is 0.307 e. The standard InChI is InChI=1S/C13H28N2O2/c1-5-9-15(6-2)10-8-14-12(4)11-13(16)17-7-3/h12,14H,5-11H2,1-4H3. The van der Waals surface area contributed by atoms with Crippen LogP contribution in [0.1, 0.15) is 40.5 Å². The summed E-state index contributed by atoms with van der Waals surface area (Å²) in [5, 5.41) is 3.35. The number of esters is 1. The van der Waals surface area contributed by atoms with E-state index in [9.17, 15) is 4.79 Å². The van der Waals surface area contributed by atoms with Gasteiger partial charge in [0.25, 0.3) is 0 Å². The molecule has 0 aliphatic carbocycles. The molecule has 1 N–H and O–H groups in total. The van der Waals surface area contributed by atoms with Crippen LogP contribution >= 0.6 is 0 Å². The van der Waals surface area contributed by atoms with Crippen LogP contribution in [0.4, 0.5) is 0 Å². The summed E-state index contributed by atoms with van der Waals surface area (Å²) in [6, 6.07) is 0.189. The first-order valence-corrected chi connectivity index (χ1v) is 6.75. The van der Waals surface area contributed by atoms with Crippen molar-refractivity contribution in [2.45, 2.75) is 46.6 Å². The average molecular weight is 244 g/mol. The number of rotatable bonds is 10. The Morgan fingerprint density at radius 2 is 2.00 bits per heavy atom. The zero-order valence-corrected chi connectivity index (χ0v) is 11.8. The van der Waals surface area contributed by atoms with E-state index in [4.69, 9.17) is 4.74 Å². The van der Waals surface area contributed by atoms with E-state index in [1.54, 1.807) is 0 Å². The highest BCUT2D eigenvalue weighted by atomic mass is 16.5. The molecular weight excluding hydrogens is 216 g/mol. The number of ether oxygens (including phenoxy) is 1. The van der Waals surface area contributed by atoms with Crippen LogP contribution in [0.25, 0.3) is 0 Å². The fourth-order valence-electron chi connectivity index (χ4n) is 1.76. The number of hydrogen-bond donors (Lipinski definition) is 1. The Morgan fingerprint density at radius 3 is 2.53 bits per heavy atom. The zero-order valence-electron chi connectivity index (χ0n) is 11.8. The Labute approximate surface area is 106 Å². The number of carbonyl (C=O) groups excluding carboxylic acids is 1.